The molecule has 21 heavy (non-hydrogen) atoms. The number of ether oxygens (including phenoxy) is 1. The highest BCUT2D eigenvalue weighted by Gasteiger charge is 2.29. The summed E-state index contributed by atoms with van der Waals surface area (Å²) in [6.07, 6.45) is 3.40. The normalized spacial score (nSPS) is 19.6. The molecule has 2 unspecified atom stereocenters. The number of rotatable bonds is 7. The van der Waals surface area contributed by atoms with Crippen molar-refractivity contribution >= 4 is 24.2 Å². The molecule has 0 aromatic carbocycles. The first-order valence-electron chi connectivity index (χ1n) is 7.36. The van der Waals surface area contributed by atoms with Gasteiger partial charge in [-0.1, -0.05) is 6.92 Å². The Balaban J connectivity index is 0.00000400. The third-order valence-electron chi connectivity index (χ3n) is 3.65. The third-order valence-corrected chi connectivity index (χ3v) is 3.65. The molecule has 2 amide bonds. The maximum atomic E-state index is 12.4. The third kappa shape index (κ3) is 6.63. The van der Waals surface area contributed by atoms with E-state index in [-0.39, 0.29) is 36.2 Å². The standard InChI is InChI=1S/C14H27N3O3.ClH/c1-11(10-20-2)14(19)17-8-4-3-5-12(17)9-16-13(18)6-7-15;/h11-12H,3-10,15H2,1-2H3,(H,16,18);1H. The Hall–Kier alpha value is -0.850. The van der Waals surface area contributed by atoms with Gasteiger partial charge in [-0.15, -0.1) is 12.4 Å². The number of nitrogens with one attached hydrogen (secondary N) is 1. The fourth-order valence-corrected chi connectivity index (χ4v) is 2.56. The minimum absolute atomic E-state index is 0. The van der Waals surface area contributed by atoms with Crippen molar-refractivity contribution in [1.29, 1.82) is 0 Å². The SMILES string of the molecule is COCC(C)C(=O)N1CCCCC1CNC(=O)CCN.Cl. The minimum Gasteiger partial charge on any atom is -0.384 e. The molecule has 0 bridgehead atoms. The van der Waals surface area contributed by atoms with Gasteiger partial charge >= 0.3 is 0 Å². The van der Waals surface area contributed by atoms with Crippen LogP contribution in [-0.4, -0.2) is 56.1 Å². The monoisotopic (exact) mass is 321 g/mol. The van der Waals surface area contributed by atoms with E-state index >= 15 is 0 Å². The van der Waals surface area contributed by atoms with Crippen LogP contribution in [0.5, 0.6) is 0 Å². The van der Waals surface area contributed by atoms with Crippen molar-refractivity contribution in [3.8, 4) is 0 Å². The molecule has 6 nitrogen and oxygen atoms in total. The molecular formula is C14H28ClN3O3. The van der Waals surface area contributed by atoms with Gasteiger partial charge in [0.05, 0.1) is 12.5 Å². The maximum Gasteiger partial charge on any atom is 0.228 e. The highest BCUT2D eigenvalue weighted by Crippen LogP contribution is 2.19. The van der Waals surface area contributed by atoms with Gasteiger partial charge in [0.1, 0.15) is 0 Å². The number of likely N-dealkylation sites (tertiary alicyclic amines) is 1. The minimum atomic E-state index is -0.139. The van der Waals surface area contributed by atoms with Crippen molar-refractivity contribution in [1.82, 2.24) is 10.2 Å². The predicted molar refractivity (Wildman–Crippen MR) is 84.3 cm³/mol. The van der Waals surface area contributed by atoms with Crippen LogP contribution in [0.25, 0.3) is 0 Å². The largest absolute Gasteiger partial charge is 0.384 e. The van der Waals surface area contributed by atoms with E-state index in [0.29, 0.717) is 26.1 Å². The second kappa shape index (κ2) is 10.8. The molecule has 3 N–H and O–H groups in total. The van der Waals surface area contributed by atoms with E-state index in [0.717, 1.165) is 25.8 Å². The van der Waals surface area contributed by atoms with E-state index in [2.05, 4.69) is 5.32 Å². The zero-order chi connectivity index (χ0) is 15.0. The zero-order valence-electron chi connectivity index (χ0n) is 13.0. The fraction of sp³-hybridized carbons (Fsp3) is 0.857. The van der Waals surface area contributed by atoms with Crippen molar-refractivity contribution in [2.24, 2.45) is 11.7 Å². The molecule has 1 rings (SSSR count). The number of carbonyl (C=O) groups is 2. The van der Waals surface area contributed by atoms with Crippen molar-refractivity contribution < 1.29 is 14.3 Å². The first-order chi connectivity index (χ1) is 9.60. The smallest absolute Gasteiger partial charge is 0.228 e. The Labute approximate surface area is 133 Å². The van der Waals surface area contributed by atoms with Crippen LogP contribution in [0.1, 0.15) is 32.6 Å². The van der Waals surface area contributed by atoms with Crippen LogP contribution in [0.15, 0.2) is 0 Å². The Morgan fingerprint density at radius 3 is 2.76 bits per heavy atom. The van der Waals surface area contributed by atoms with Crippen molar-refractivity contribution in [2.75, 3.05) is 33.4 Å². The number of hydrogen-bond acceptors (Lipinski definition) is 4. The van der Waals surface area contributed by atoms with Crippen LogP contribution in [0, 0.1) is 5.92 Å². The van der Waals surface area contributed by atoms with Gasteiger partial charge in [-0.25, -0.2) is 0 Å². The van der Waals surface area contributed by atoms with Gasteiger partial charge < -0.3 is 20.7 Å². The van der Waals surface area contributed by atoms with Gasteiger partial charge in [0.15, 0.2) is 0 Å². The molecule has 0 aliphatic carbocycles. The molecule has 0 radical (unpaired) electrons. The molecule has 1 aliphatic heterocycles. The molecule has 1 saturated heterocycles. The second-order valence-corrected chi connectivity index (χ2v) is 5.38. The first kappa shape index (κ1) is 20.1. The molecule has 1 fully saturated rings. The molecule has 0 saturated carbocycles. The first-order valence-corrected chi connectivity index (χ1v) is 7.36. The summed E-state index contributed by atoms with van der Waals surface area (Å²) in [4.78, 5) is 25.8. The van der Waals surface area contributed by atoms with Crippen LogP contribution in [0.4, 0.5) is 0 Å². The van der Waals surface area contributed by atoms with E-state index in [1.807, 2.05) is 11.8 Å². The average molecular weight is 322 g/mol. The number of hydrogen-bond donors (Lipinski definition) is 2. The summed E-state index contributed by atoms with van der Waals surface area (Å²) in [7, 11) is 1.60. The van der Waals surface area contributed by atoms with E-state index in [4.69, 9.17) is 10.5 Å². The van der Waals surface area contributed by atoms with Gasteiger partial charge in [0, 0.05) is 39.2 Å². The second-order valence-electron chi connectivity index (χ2n) is 5.38. The highest BCUT2D eigenvalue weighted by atomic mass is 35.5. The topological polar surface area (TPSA) is 84.7 Å². The Kier molecular flexibility index (Phi) is 10.4. The van der Waals surface area contributed by atoms with E-state index in [1.54, 1.807) is 7.11 Å². The van der Waals surface area contributed by atoms with Crippen molar-refractivity contribution in [3.63, 3.8) is 0 Å². The van der Waals surface area contributed by atoms with E-state index in [9.17, 15) is 9.59 Å². The lowest BCUT2D eigenvalue weighted by Crippen LogP contribution is -2.51. The lowest BCUT2D eigenvalue weighted by molar-refractivity contribution is -0.140. The number of halogens is 1. The fourth-order valence-electron chi connectivity index (χ4n) is 2.56. The summed E-state index contributed by atoms with van der Waals surface area (Å²) in [6, 6.07) is 0.0947. The molecule has 124 valence electrons. The van der Waals surface area contributed by atoms with Crippen molar-refractivity contribution in [2.45, 2.75) is 38.6 Å². The lowest BCUT2D eigenvalue weighted by Gasteiger charge is -2.37. The summed E-state index contributed by atoms with van der Waals surface area (Å²) < 4.78 is 5.05. The number of methoxy groups -OCH3 is 1. The number of nitrogens with two attached hydrogens (primary N) is 1. The Bertz CT molecular complexity index is 329. The zero-order valence-corrected chi connectivity index (χ0v) is 13.8. The highest BCUT2D eigenvalue weighted by molar-refractivity contribution is 5.85. The number of nitrogens with zero attached hydrogens (tertiary/aromatic N) is 1. The number of carbonyl (C=O) groups excluding carboxylic acids is 2. The maximum absolute atomic E-state index is 12.4. The van der Waals surface area contributed by atoms with Gasteiger partial charge in [-0.2, -0.15) is 0 Å². The van der Waals surface area contributed by atoms with Crippen LogP contribution >= 0.6 is 12.4 Å². The summed E-state index contributed by atoms with van der Waals surface area (Å²) in [5.41, 5.74) is 5.35. The molecule has 0 aromatic heterocycles. The molecule has 0 aromatic rings. The molecular weight excluding hydrogens is 294 g/mol. The number of amides is 2. The van der Waals surface area contributed by atoms with Gasteiger partial charge in [-0.3, -0.25) is 9.59 Å². The Morgan fingerprint density at radius 2 is 2.14 bits per heavy atom. The van der Waals surface area contributed by atoms with Crippen LogP contribution in [0.3, 0.4) is 0 Å². The molecule has 2 atom stereocenters. The van der Waals surface area contributed by atoms with Crippen molar-refractivity contribution in [3.05, 3.63) is 0 Å². The van der Waals surface area contributed by atoms with Crippen LogP contribution in [-0.2, 0) is 14.3 Å². The summed E-state index contributed by atoms with van der Waals surface area (Å²) in [5, 5.41) is 2.87. The number of piperidine rings is 1. The average Bonchev–Trinajstić information content (AvgIpc) is 2.45. The lowest BCUT2D eigenvalue weighted by atomic mass is 9.99. The van der Waals surface area contributed by atoms with Gasteiger partial charge in [0.2, 0.25) is 11.8 Å². The molecule has 0 spiro atoms. The van der Waals surface area contributed by atoms with Crippen LogP contribution in [0.2, 0.25) is 0 Å². The summed E-state index contributed by atoms with van der Waals surface area (Å²) in [6.45, 7) is 3.95. The Morgan fingerprint density at radius 1 is 1.43 bits per heavy atom. The summed E-state index contributed by atoms with van der Waals surface area (Å²) in [5.74, 6) is -0.0691. The molecule has 1 heterocycles. The predicted octanol–water partition coefficient (Wildman–Crippen LogP) is 0.537. The van der Waals surface area contributed by atoms with Gasteiger partial charge in [0.25, 0.3) is 0 Å². The van der Waals surface area contributed by atoms with E-state index in [1.165, 1.54) is 0 Å². The van der Waals surface area contributed by atoms with Crippen LogP contribution < -0.4 is 11.1 Å². The molecule has 7 heteroatoms. The van der Waals surface area contributed by atoms with E-state index < -0.39 is 0 Å². The molecule has 1 aliphatic rings. The van der Waals surface area contributed by atoms with Gasteiger partial charge in [-0.05, 0) is 19.3 Å². The summed E-state index contributed by atoms with van der Waals surface area (Å²) >= 11 is 0. The quantitative estimate of drug-likeness (QED) is 0.716.